The Morgan fingerprint density at radius 1 is 1.50 bits per heavy atom. The molecule has 0 aliphatic rings. The molecule has 18 heavy (non-hydrogen) atoms. The molecule has 0 saturated heterocycles. The number of aromatic nitrogens is 2. The van der Waals surface area contributed by atoms with Crippen LogP contribution in [-0.4, -0.2) is 49.2 Å². The second-order valence-corrected chi connectivity index (χ2v) is 3.17. The van der Waals surface area contributed by atoms with Gasteiger partial charge in [0.1, 0.15) is 12.4 Å². The Morgan fingerprint density at radius 2 is 2.28 bits per heavy atom. The van der Waals surface area contributed by atoms with Gasteiger partial charge < -0.3 is 14.8 Å². The monoisotopic (exact) mass is 261 g/mol. The number of carbonyl (C=O) groups is 1. The zero-order valence-corrected chi connectivity index (χ0v) is 9.73. The van der Waals surface area contributed by atoms with E-state index in [0.717, 1.165) is 0 Å². The highest BCUT2D eigenvalue weighted by atomic mass is 19.3. The number of alkyl halides is 2. The van der Waals surface area contributed by atoms with E-state index in [2.05, 4.69) is 24.8 Å². The zero-order chi connectivity index (χ0) is 13.4. The van der Waals surface area contributed by atoms with Gasteiger partial charge in [0.2, 0.25) is 0 Å². The van der Waals surface area contributed by atoms with Gasteiger partial charge in [0.15, 0.2) is 5.69 Å². The highest BCUT2D eigenvalue weighted by Crippen LogP contribution is 2.03. The van der Waals surface area contributed by atoms with Gasteiger partial charge >= 0.3 is 5.97 Å². The minimum Gasteiger partial charge on any atom is -0.464 e. The van der Waals surface area contributed by atoms with Crippen LogP contribution in [-0.2, 0) is 9.47 Å². The second kappa shape index (κ2) is 7.49. The number of halogens is 2. The summed E-state index contributed by atoms with van der Waals surface area (Å²) in [6.07, 6.45) is 0.191. The summed E-state index contributed by atoms with van der Waals surface area (Å²) in [4.78, 5) is 18.9. The van der Waals surface area contributed by atoms with Gasteiger partial charge in [-0.1, -0.05) is 0 Å². The molecule has 0 unspecified atom stereocenters. The summed E-state index contributed by atoms with van der Waals surface area (Å²) in [5.41, 5.74) is 0.0657. The first-order valence-electron chi connectivity index (χ1n) is 5.13. The van der Waals surface area contributed by atoms with Gasteiger partial charge in [0, 0.05) is 6.54 Å². The van der Waals surface area contributed by atoms with E-state index in [1.807, 2.05) is 0 Å². The molecule has 6 nitrogen and oxygen atoms in total. The van der Waals surface area contributed by atoms with E-state index in [4.69, 9.17) is 0 Å². The van der Waals surface area contributed by atoms with Crippen molar-refractivity contribution in [2.45, 2.75) is 6.43 Å². The largest absolute Gasteiger partial charge is 0.464 e. The van der Waals surface area contributed by atoms with Crippen LogP contribution in [0.5, 0.6) is 0 Å². The third-order valence-electron chi connectivity index (χ3n) is 1.83. The van der Waals surface area contributed by atoms with Crippen molar-refractivity contribution in [1.29, 1.82) is 0 Å². The number of rotatable bonds is 7. The van der Waals surface area contributed by atoms with Crippen molar-refractivity contribution < 1.29 is 23.0 Å². The first kappa shape index (κ1) is 14.2. The van der Waals surface area contributed by atoms with E-state index >= 15 is 0 Å². The van der Waals surface area contributed by atoms with Crippen molar-refractivity contribution >= 4 is 11.8 Å². The number of nitrogens with zero attached hydrogens (tertiary/aromatic N) is 2. The SMILES string of the molecule is COC(=O)c1cncc(NCCOCC(F)F)n1. The topological polar surface area (TPSA) is 73.3 Å². The summed E-state index contributed by atoms with van der Waals surface area (Å²) in [6.45, 7) is -0.212. The number of ether oxygens (including phenoxy) is 2. The zero-order valence-electron chi connectivity index (χ0n) is 9.73. The third kappa shape index (κ3) is 5.00. The van der Waals surface area contributed by atoms with Crippen LogP contribution in [0.4, 0.5) is 14.6 Å². The molecule has 0 saturated carbocycles. The molecule has 0 aliphatic heterocycles. The third-order valence-corrected chi connectivity index (χ3v) is 1.83. The van der Waals surface area contributed by atoms with Gasteiger partial charge in [-0.3, -0.25) is 4.98 Å². The second-order valence-electron chi connectivity index (χ2n) is 3.17. The molecule has 0 spiro atoms. The molecule has 0 aliphatic carbocycles. The standard InChI is InChI=1S/C10H13F2N3O3/c1-17-10(16)7-4-13-5-9(15-7)14-2-3-18-6-8(11)12/h4-5,8H,2-3,6H2,1H3,(H,14,15). The van der Waals surface area contributed by atoms with Crippen LogP contribution in [0.25, 0.3) is 0 Å². The Hall–Kier alpha value is -1.83. The molecular formula is C10H13F2N3O3. The predicted octanol–water partition coefficient (Wildman–Crippen LogP) is 0.957. The lowest BCUT2D eigenvalue weighted by atomic mass is 10.4. The molecule has 0 bridgehead atoms. The maximum atomic E-state index is 11.7. The van der Waals surface area contributed by atoms with Gasteiger partial charge in [-0.05, 0) is 0 Å². The first-order valence-corrected chi connectivity index (χ1v) is 5.13. The fourth-order valence-electron chi connectivity index (χ4n) is 1.08. The number of nitrogens with one attached hydrogen (secondary N) is 1. The van der Waals surface area contributed by atoms with Crippen LogP contribution in [0.3, 0.4) is 0 Å². The van der Waals surface area contributed by atoms with Crippen LogP contribution in [0.1, 0.15) is 10.5 Å². The molecule has 0 amide bonds. The van der Waals surface area contributed by atoms with Crippen molar-refractivity contribution in [3.63, 3.8) is 0 Å². The van der Waals surface area contributed by atoms with Gasteiger partial charge in [-0.2, -0.15) is 0 Å². The number of methoxy groups -OCH3 is 1. The van der Waals surface area contributed by atoms with Crippen LogP contribution in [0, 0.1) is 0 Å². The van der Waals surface area contributed by atoms with E-state index < -0.39 is 19.0 Å². The van der Waals surface area contributed by atoms with Gasteiger partial charge in [-0.15, -0.1) is 0 Å². The van der Waals surface area contributed by atoms with Crippen LogP contribution in [0.15, 0.2) is 12.4 Å². The average Bonchev–Trinajstić information content (AvgIpc) is 2.37. The molecule has 0 aromatic carbocycles. The van der Waals surface area contributed by atoms with E-state index in [1.54, 1.807) is 0 Å². The van der Waals surface area contributed by atoms with Crippen molar-refractivity contribution in [2.24, 2.45) is 0 Å². The normalized spacial score (nSPS) is 10.4. The molecule has 1 aromatic heterocycles. The number of carbonyl (C=O) groups excluding carboxylic acids is 1. The highest BCUT2D eigenvalue weighted by molar-refractivity contribution is 5.87. The summed E-state index contributed by atoms with van der Waals surface area (Å²) in [5, 5.41) is 2.79. The lowest BCUT2D eigenvalue weighted by molar-refractivity contribution is 0.0214. The average molecular weight is 261 g/mol. The Labute approximate surface area is 102 Å². The van der Waals surface area contributed by atoms with Crippen molar-refractivity contribution in [3.8, 4) is 0 Å². The lowest BCUT2D eigenvalue weighted by Gasteiger charge is -2.06. The van der Waals surface area contributed by atoms with E-state index in [1.165, 1.54) is 19.5 Å². The fraction of sp³-hybridized carbons (Fsp3) is 0.500. The maximum Gasteiger partial charge on any atom is 0.358 e. The maximum absolute atomic E-state index is 11.7. The Morgan fingerprint density at radius 3 is 2.94 bits per heavy atom. The van der Waals surface area contributed by atoms with E-state index in [0.29, 0.717) is 5.82 Å². The molecule has 1 N–H and O–H groups in total. The van der Waals surface area contributed by atoms with Crippen molar-refractivity contribution in [3.05, 3.63) is 18.1 Å². The molecule has 8 heteroatoms. The van der Waals surface area contributed by atoms with Crippen molar-refractivity contribution in [2.75, 3.05) is 32.2 Å². The molecule has 1 rings (SSSR count). The van der Waals surface area contributed by atoms with Gasteiger partial charge in [0.25, 0.3) is 6.43 Å². The summed E-state index contributed by atoms with van der Waals surface area (Å²) in [6, 6.07) is 0. The number of anilines is 1. The smallest absolute Gasteiger partial charge is 0.358 e. The summed E-state index contributed by atoms with van der Waals surface area (Å²) in [7, 11) is 1.24. The number of esters is 1. The Balaban J connectivity index is 2.36. The minimum atomic E-state index is -2.48. The van der Waals surface area contributed by atoms with Crippen LogP contribution < -0.4 is 5.32 Å². The Bertz CT molecular complexity index is 390. The number of hydrogen-bond acceptors (Lipinski definition) is 6. The van der Waals surface area contributed by atoms with E-state index in [9.17, 15) is 13.6 Å². The fourth-order valence-corrected chi connectivity index (χ4v) is 1.08. The summed E-state index contributed by atoms with van der Waals surface area (Å²) < 4.78 is 32.6. The molecule has 0 atom stereocenters. The lowest BCUT2D eigenvalue weighted by Crippen LogP contribution is -2.15. The van der Waals surface area contributed by atoms with Crippen LogP contribution >= 0.6 is 0 Å². The number of hydrogen-bond donors (Lipinski definition) is 1. The first-order chi connectivity index (χ1) is 8.63. The van der Waals surface area contributed by atoms with Gasteiger partial charge in [0.05, 0.1) is 26.1 Å². The molecule has 1 heterocycles. The van der Waals surface area contributed by atoms with Gasteiger partial charge in [-0.25, -0.2) is 18.6 Å². The molecule has 100 valence electrons. The highest BCUT2D eigenvalue weighted by Gasteiger charge is 2.08. The van der Waals surface area contributed by atoms with Crippen molar-refractivity contribution in [1.82, 2.24) is 9.97 Å². The molecule has 0 fully saturated rings. The van der Waals surface area contributed by atoms with E-state index in [-0.39, 0.29) is 18.8 Å². The minimum absolute atomic E-state index is 0.0657. The molecular weight excluding hydrogens is 248 g/mol. The van der Waals surface area contributed by atoms with Crippen LogP contribution in [0.2, 0.25) is 0 Å². The quantitative estimate of drug-likeness (QED) is 0.582. The summed E-state index contributed by atoms with van der Waals surface area (Å²) >= 11 is 0. The predicted molar refractivity (Wildman–Crippen MR) is 58.7 cm³/mol. The Kier molecular flexibility index (Phi) is 5.92. The molecule has 0 radical (unpaired) electrons. The summed E-state index contributed by atoms with van der Waals surface area (Å²) in [5.74, 6) is -0.251. The molecule has 1 aromatic rings.